The third-order valence-corrected chi connectivity index (χ3v) is 3.89. The zero-order valence-electron chi connectivity index (χ0n) is 10.9. The van der Waals surface area contributed by atoms with Crippen LogP contribution >= 0.6 is 0 Å². The van der Waals surface area contributed by atoms with Crippen molar-refractivity contribution in [2.75, 3.05) is 6.61 Å². The number of hydrogen-bond donors (Lipinski definition) is 2. The van der Waals surface area contributed by atoms with Gasteiger partial charge in [-0.05, 0) is 57.8 Å². The summed E-state index contributed by atoms with van der Waals surface area (Å²) < 4.78 is 5.26. The molecule has 2 rings (SSSR count). The second kappa shape index (κ2) is 4.48. The van der Waals surface area contributed by atoms with Gasteiger partial charge in [0.05, 0.1) is 0 Å². The van der Waals surface area contributed by atoms with E-state index in [1.165, 1.54) is 0 Å². The molecule has 0 heterocycles. The standard InChI is InChI=1S/C13H23NO3/c1-13(2,3)17-12(16)14-11-6-8-4-9(7-15)10(11)5-8/h8-11,15H,4-7H2,1-3H3,(H,14,16)/t8?,9-,10?,11+/m0/s1. The van der Waals surface area contributed by atoms with Gasteiger partial charge < -0.3 is 15.2 Å². The molecule has 2 saturated carbocycles. The Bertz CT molecular complexity index is 298. The van der Waals surface area contributed by atoms with Gasteiger partial charge >= 0.3 is 6.09 Å². The average Bonchev–Trinajstić information content (AvgIpc) is 2.72. The summed E-state index contributed by atoms with van der Waals surface area (Å²) in [6.45, 7) is 5.84. The first kappa shape index (κ1) is 12.7. The maximum absolute atomic E-state index is 11.7. The summed E-state index contributed by atoms with van der Waals surface area (Å²) in [5, 5.41) is 12.2. The molecule has 98 valence electrons. The smallest absolute Gasteiger partial charge is 0.407 e. The van der Waals surface area contributed by atoms with Crippen LogP contribution in [0, 0.1) is 17.8 Å². The van der Waals surface area contributed by atoms with Crippen molar-refractivity contribution < 1.29 is 14.6 Å². The number of alkyl carbamates (subject to hydrolysis) is 1. The average molecular weight is 241 g/mol. The summed E-state index contributed by atoms with van der Waals surface area (Å²) in [6.07, 6.45) is 2.98. The Labute approximate surface area is 103 Å². The zero-order valence-corrected chi connectivity index (χ0v) is 10.9. The number of amides is 1. The van der Waals surface area contributed by atoms with E-state index in [-0.39, 0.29) is 18.7 Å². The zero-order chi connectivity index (χ0) is 12.6. The Morgan fingerprint density at radius 2 is 2.06 bits per heavy atom. The van der Waals surface area contributed by atoms with E-state index >= 15 is 0 Å². The summed E-state index contributed by atoms with van der Waals surface area (Å²) in [4.78, 5) is 11.7. The molecule has 0 radical (unpaired) electrons. The second-order valence-electron chi connectivity index (χ2n) is 6.43. The predicted molar refractivity (Wildman–Crippen MR) is 64.6 cm³/mol. The summed E-state index contributed by atoms with van der Waals surface area (Å²) in [5.74, 6) is 1.49. The molecule has 0 saturated heterocycles. The van der Waals surface area contributed by atoms with Crippen molar-refractivity contribution in [3.63, 3.8) is 0 Å². The molecule has 0 aromatic heterocycles. The Balaban J connectivity index is 1.86. The van der Waals surface area contributed by atoms with Crippen molar-refractivity contribution in [3.8, 4) is 0 Å². The molecule has 4 heteroatoms. The number of nitrogens with one attached hydrogen (secondary N) is 1. The van der Waals surface area contributed by atoms with Crippen LogP contribution in [0.1, 0.15) is 40.0 Å². The molecule has 4 atom stereocenters. The van der Waals surface area contributed by atoms with Crippen LogP contribution < -0.4 is 5.32 Å². The molecule has 0 aromatic rings. The molecule has 2 fully saturated rings. The first-order valence-electron chi connectivity index (χ1n) is 6.49. The second-order valence-corrected chi connectivity index (χ2v) is 6.43. The fourth-order valence-corrected chi connectivity index (χ4v) is 3.33. The number of ether oxygens (including phenoxy) is 1. The van der Waals surface area contributed by atoms with Gasteiger partial charge in [-0.25, -0.2) is 4.79 Å². The molecular formula is C13H23NO3. The molecule has 0 aliphatic heterocycles. The topological polar surface area (TPSA) is 58.6 Å². The normalized spacial score (nSPS) is 36.0. The van der Waals surface area contributed by atoms with Crippen molar-refractivity contribution in [1.29, 1.82) is 0 Å². The van der Waals surface area contributed by atoms with E-state index in [0.717, 1.165) is 19.3 Å². The number of aliphatic hydroxyl groups excluding tert-OH is 1. The quantitative estimate of drug-likeness (QED) is 0.776. The lowest BCUT2D eigenvalue weighted by atomic mass is 9.86. The van der Waals surface area contributed by atoms with Crippen LogP contribution in [0.3, 0.4) is 0 Å². The van der Waals surface area contributed by atoms with Crippen LogP contribution in [0.2, 0.25) is 0 Å². The molecule has 2 N–H and O–H groups in total. The lowest BCUT2D eigenvalue weighted by molar-refractivity contribution is 0.0461. The van der Waals surface area contributed by atoms with Crippen molar-refractivity contribution in [3.05, 3.63) is 0 Å². The first-order valence-corrected chi connectivity index (χ1v) is 6.49. The van der Waals surface area contributed by atoms with Crippen molar-refractivity contribution in [1.82, 2.24) is 5.32 Å². The number of carbonyl (C=O) groups is 1. The van der Waals surface area contributed by atoms with Gasteiger partial charge in [-0.1, -0.05) is 0 Å². The molecule has 2 aliphatic rings. The van der Waals surface area contributed by atoms with Gasteiger partial charge in [-0.3, -0.25) is 0 Å². The Kier molecular flexibility index (Phi) is 3.34. The van der Waals surface area contributed by atoms with E-state index in [1.807, 2.05) is 20.8 Å². The molecular weight excluding hydrogens is 218 g/mol. The minimum Gasteiger partial charge on any atom is -0.444 e. The summed E-state index contributed by atoms with van der Waals surface area (Å²) in [6, 6.07) is 0.195. The van der Waals surface area contributed by atoms with Crippen LogP contribution in [0.15, 0.2) is 0 Å². The molecule has 2 bridgehead atoms. The Hall–Kier alpha value is -0.770. The number of fused-ring (bicyclic) bond motifs is 2. The third-order valence-electron chi connectivity index (χ3n) is 3.89. The summed E-state index contributed by atoms with van der Waals surface area (Å²) >= 11 is 0. The van der Waals surface area contributed by atoms with Crippen LogP contribution in [0.5, 0.6) is 0 Å². The number of carbonyl (C=O) groups excluding carboxylic acids is 1. The van der Waals surface area contributed by atoms with E-state index in [1.54, 1.807) is 0 Å². The highest BCUT2D eigenvalue weighted by atomic mass is 16.6. The van der Waals surface area contributed by atoms with E-state index < -0.39 is 5.60 Å². The Morgan fingerprint density at radius 1 is 1.35 bits per heavy atom. The van der Waals surface area contributed by atoms with Crippen molar-refractivity contribution in [2.24, 2.45) is 17.8 Å². The van der Waals surface area contributed by atoms with Gasteiger partial charge in [0.1, 0.15) is 5.60 Å². The van der Waals surface area contributed by atoms with Crippen LogP contribution in [0.25, 0.3) is 0 Å². The number of aliphatic hydroxyl groups is 1. The maximum Gasteiger partial charge on any atom is 0.407 e. The Morgan fingerprint density at radius 3 is 2.59 bits per heavy atom. The fraction of sp³-hybridized carbons (Fsp3) is 0.923. The number of hydrogen-bond acceptors (Lipinski definition) is 3. The largest absolute Gasteiger partial charge is 0.444 e. The minimum atomic E-state index is -0.446. The van der Waals surface area contributed by atoms with E-state index in [4.69, 9.17) is 4.74 Å². The van der Waals surface area contributed by atoms with Gasteiger partial charge in [0.25, 0.3) is 0 Å². The van der Waals surface area contributed by atoms with Gasteiger partial charge in [0.15, 0.2) is 0 Å². The molecule has 2 unspecified atom stereocenters. The molecule has 0 spiro atoms. The van der Waals surface area contributed by atoms with Crippen molar-refractivity contribution in [2.45, 2.75) is 51.7 Å². The van der Waals surface area contributed by atoms with E-state index in [9.17, 15) is 9.90 Å². The minimum absolute atomic E-state index is 0.195. The molecule has 4 nitrogen and oxygen atoms in total. The van der Waals surface area contributed by atoms with E-state index in [0.29, 0.717) is 17.8 Å². The van der Waals surface area contributed by atoms with Crippen LogP contribution in [0.4, 0.5) is 4.79 Å². The predicted octanol–water partition coefficient (Wildman–Crippen LogP) is 1.92. The monoisotopic (exact) mass is 241 g/mol. The highest BCUT2D eigenvalue weighted by Crippen LogP contribution is 2.48. The van der Waals surface area contributed by atoms with Crippen molar-refractivity contribution >= 4 is 6.09 Å². The summed E-state index contributed by atoms with van der Waals surface area (Å²) in [7, 11) is 0. The lowest BCUT2D eigenvalue weighted by Crippen LogP contribution is -2.44. The molecule has 0 aromatic carbocycles. The van der Waals surface area contributed by atoms with Crippen LogP contribution in [-0.2, 0) is 4.74 Å². The maximum atomic E-state index is 11.7. The highest BCUT2D eigenvalue weighted by Gasteiger charge is 2.46. The fourth-order valence-electron chi connectivity index (χ4n) is 3.33. The van der Waals surface area contributed by atoms with E-state index in [2.05, 4.69) is 5.32 Å². The van der Waals surface area contributed by atoms with Gasteiger partial charge in [0.2, 0.25) is 0 Å². The first-order chi connectivity index (χ1) is 7.89. The molecule has 1 amide bonds. The third kappa shape index (κ3) is 2.92. The number of rotatable bonds is 2. The summed E-state index contributed by atoms with van der Waals surface area (Å²) in [5.41, 5.74) is -0.446. The van der Waals surface area contributed by atoms with Gasteiger partial charge in [0, 0.05) is 12.6 Å². The highest BCUT2D eigenvalue weighted by molar-refractivity contribution is 5.68. The lowest BCUT2D eigenvalue weighted by Gasteiger charge is -2.30. The van der Waals surface area contributed by atoms with Gasteiger partial charge in [-0.15, -0.1) is 0 Å². The van der Waals surface area contributed by atoms with Crippen LogP contribution in [-0.4, -0.2) is 29.4 Å². The molecule has 17 heavy (non-hydrogen) atoms. The SMILES string of the molecule is CC(C)(C)OC(=O)N[C@@H]1CC2CC1[C@H](CO)C2. The molecule has 2 aliphatic carbocycles. The van der Waals surface area contributed by atoms with Gasteiger partial charge in [-0.2, -0.15) is 0 Å².